The topological polar surface area (TPSA) is 31.4 Å². The maximum Gasteiger partial charge on any atom is 0.119 e. The molecule has 0 radical (unpaired) electrons. The van der Waals surface area contributed by atoms with Crippen LogP contribution in [0, 0.1) is 0 Å². The monoisotopic (exact) mass is 321 g/mol. The molecule has 0 aliphatic carbocycles. The van der Waals surface area contributed by atoms with Crippen molar-refractivity contribution in [3.05, 3.63) is 58.3 Å². The Balaban J connectivity index is 1.89. The van der Waals surface area contributed by atoms with Gasteiger partial charge in [0.15, 0.2) is 0 Å². The van der Waals surface area contributed by atoms with Crippen LogP contribution in [0.2, 0.25) is 0 Å². The molecule has 0 aliphatic heterocycles. The SMILES string of the molecule is COCCc1ccc(OCc2cncc(Br)c2)cc1. The molecular formula is C15H16BrNO2. The summed E-state index contributed by atoms with van der Waals surface area (Å²) in [6.45, 7) is 1.26. The van der Waals surface area contributed by atoms with Crippen molar-refractivity contribution in [3.8, 4) is 5.75 Å². The van der Waals surface area contributed by atoms with Crippen molar-refractivity contribution in [2.24, 2.45) is 0 Å². The number of aromatic nitrogens is 1. The summed E-state index contributed by atoms with van der Waals surface area (Å²) in [5, 5.41) is 0. The molecule has 1 aromatic heterocycles. The maximum absolute atomic E-state index is 5.71. The Bertz CT molecular complexity index is 514. The summed E-state index contributed by atoms with van der Waals surface area (Å²) in [5.41, 5.74) is 2.29. The molecule has 0 atom stereocenters. The van der Waals surface area contributed by atoms with E-state index in [1.807, 2.05) is 18.2 Å². The third kappa shape index (κ3) is 4.65. The van der Waals surface area contributed by atoms with E-state index in [-0.39, 0.29) is 0 Å². The van der Waals surface area contributed by atoms with Gasteiger partial charge in [-0.15, -0.1) is 0 Å². The van der Waals surface area contributed by atoms with Crippen LogP contribution in [-0.2, 0) is 17.8 Å². The van der Waals surface area contributed by atoms with E-state index in [2.05, 4.69) is 33.0 Å². The van der Waals surface area contributed by atoms with Crippen molar-refractivity contribution in [3.63, 3.8) is 0 Å². The highest BCUT2D eigenvalue weighted by Gasteiger charge is 1.98. The molecule has 0 aliphatic rings. The van der Waals surface area contributed by atoms with Gasteiger partial charge < -0.3 is 9.47 Å². The third-order valence-corrected chi connectivity index (χ3v) is 3.12. The number of ether oxygens (including phenoxy) is 2. The second-order valence-electron chi connectivity index (χ2n) is 4.19. The van der Waals surface area contributed by atoms with E-state index >= 15 is 0 Å². The van der Waals surface area contributed by atoms with E-state index in [9.17, 15) is 0 Å². The molecular weight excluding hydrogens is 306 g/mol. The smallest absolute Gasteiger partial charge is 0.119 e. The van der Waals surface area contributed by atoms with Crippen LogP contribution in [0.4, 0.5) is 0 Å². The van der Waals surface area contributed by atoms with E-state index < -0.39 is 0 Å². The number of rotatable bonds is 6. The van der Waals surface area contributed by atoms with Gasteiger partial charge >= 0.3 is 0 Å². The van der Waals surface area contributed by atoms with Crippen LogP contribution in [0.5, 0.6) is 5.75 Å². The molecule has 0 fully saturated rings. The molecule has 0 amide bonds. The zero-order chi connectivity index (χ0) is 13.5. The summed E-state index contributed by atoms with van der Waals surface area (Å²) >= 11 is 3.39. The Morgan fingerprint density at radius 2 is 1.89 bits per heavy atom. The van der Waals surface area contributed by atoms with Gasteiger partial charge in [-0.05, 0) is 46.1 Å². The van der Waals surface area contributed by atoms with Gasteiger partial charge in [0.25, 0.3) is 0 Å². The summed E-state index contributed by atoms with van der Waals surface area (Å²) < 4.78 is 11.7. The molecule has 4 heteroatoms. The molecule has 3 nitrogen and oxygen atoms in total. The molecule has 1 heterocycles. The second kappa shape index (κ2) is 7.26. The minimum atomic E-state index is 0.518. The quantitative estimate of drug-likeness (QED) is 0.814. The van der Waals surface area contributed by atoms with Crippen LogP contribution >= 0.6 is 15.9 Å². The Labute approximate surface area is 121 Å². The Kier molecular flexibility index (Phi) is 5.36. The van der Waals surface area contributed by atoms with Crippen molar-refractivity contribution in [2.45, 2.75) is 13.0 Å². The minimum Gasteiger partial charge on any atom is -0.489 e. The first kappa shape index (κ1) is 14.0. The molecule has 1 aromatic carbocycles. The second-order valence-corrected chi connectivity index (χ2v) is 5.10. The first-order valence-corrected chi connectivity index (χ1v) is 6.87. The molecule has 2 aromatic rings. The van der Waals surface area contributed by atoms with Crippen LogP contribution < -0.4 is 4.74 Å². The Morgan fingerprint density at radius 1 is 1.11 bits per heavy atom. The van der Waals surface area contributed by atoms with Crippen molar-refractivity contribution >= 4 is 15.9 Å². The van der Waals surface area contributed by atoms with Crippen molar-refractivity contribution in [2.75, 3.05) is 13.7 Å². The highest BCUT2D eigenvalue weighted by molar-refractivity contribution is 9.10. The van der Waals surface area contributed by atoms with Gasteiger partial charge in [0.1, 0.15) is 12.4 Å². The molecule has 0 spiro atoms. The summed E-state index contributed by atoms with van der Waals surface area (Å²) in [7, 11) is 1.71. The van der Waals surface area contributed by atoms with Gasteiger partial charge in [-0.1, -0.05) is 12.1 Å². The lowest BCUT2D eigenvalue weighted by Crippen LogP contribution is -1.97. The van der Waals surface area contributed by atoms with E-state index in [0.29, 0.717) is 6.61 Å². The van der Waals surface area contributed by atoms with Gasteiger partial charge in [0.2, 0.25) is 0 Å². The van der Waals surface area contributed by atoms with Crippen LogP contribution in [-0.4, -0.2) is 18.7 Å². The lowest BCUT2D eigenvalue weighted by molar-refractivity contribution is 0.202. The maximum atomic E-state index is 5.71. The Morgan fingerprint density at radius 3 is 2.58 bits per heavy atom. The van der Waals surface area contributed by atoms with Gasteiger partial charge in [0.05, 0.1) is 6.61 Å². The summed E-state index contributed by atoms with van der Waals surface area (Å²) in [6, 6.07) is 10.1. The number of hydrogen-bond acceptors (Lipinski definition) is 3. The number of hydrogen-bond donors (Lipinski definition) is 0. The highest BCUT2D eigenvalue weighted by Crippen LogP contribution is 2.16. The average molecular weight is 322 g/mol. The Hall–Kier alpha value is -1.39. The minimum absolute atomic E-state index is 0.518. The third-order valence-electron chi connectivity index (χ3n) is 2.69. The van der Waals surface area contributed by atoms with Gasteiger partial charge in [-0.3, -0.25) is 4.98 Å². The molecule has 100 valence electrons. The number of benzene rings is 1. The lowest BCUT2D eigenvalue weighted by atomic mass is 10.1. The van der Waals surface area contributed by atoms with Crippen LogP contribution in [0.1, 0.15) is 11.1 Å². The molecule has 0 saturated carbocycles. The molecule has 0 N–H and O–H groups in total. The van der Waals surface area contributed by atoms with Crippen molar-refractivity contribution < 1.29 is 9.47 Å². The standard InChI is InChI=1S/C15H16BrNO2/c1-18-7-6-12-2-4-15(5-3-12)19-11-13-8-14(16)10-17-9-13/h2-5,8-10H,6-7,11H2,1H3. The highest BCUT2D eigenvalue weighted by atomic mass is 79.9. The van der Waals surface area contributed by atoms with E-state index in [1.54, 1.807) is 19.5 Å². The summed E-state index contributed by atoms with van der Waals surface area (Å²) in [5.74, 6) is 0.862. The van der Waals surface area contributed by atoms with Gasteiger partial charge in [-0.2, -0.15) is 0 Å². The molecule has 19 heavy (non-hydrogen) atoms. The largest absolute Gasteiger partial charge is 0.489 e. The molecule has 0 bridgehead atoms. The van der Waals surface area contributed by atoms with Crippen molar-refractivity contribution in [1.82, 2.24) is 4.98 Å². The summed E-state index contributed by atoms with van der Waals surface area (Å²) in [4.78, 5) is 4.10. The van der Waals surface area contributed by atoms with Crippen LogP contribution in [0.3, 0.4) is 0 Å². The zero-order valence-corrected chi connectivity index (χ0v) is 12.4. The fraction of sp³-hybridized carbons (Fsp3) is 0.267. The van der Waals surface area contributed by atoms with Crippen LogP contribution in [0.25, 0.3) is 0 Å². The predicted molar refractivity (Wildman–Crippen MR) is 78.3 cm³/mol. The van der Waals surface area contributed by atoms with E-state index in [4.69, 9.17) is 9.47 Å². The van der Waals surface area contributed by atoms with Gasteiger partial charge in [0, 0.05) is 29.5 Å². The fourth-order valence-electron chi connectivity index (χ4n) is 1.67. The first-order chi connectivity index (χ1) is 9.28. The van der Waals surface area contributed by atoms with Gasteiger partial charge in [-0.25, -0.2) is 0 Å². The van der Waals surface area contributed by atoms with Crippen molar-refractivity contribution in [1.29, 1.82) is 0 Å². The molecule has 2 rings (SSSR count). The lowest BCUT2D eigenvalue weighted by Gasteiger charge is -2.07. The van der Waals surface area contributed by atoms with E-state index in [0.717, 1.165) is 28.8 Å². The summed E-state index contributed by atoms with van der Waals surface area (Å²) in [6.07, 6.45) is 4.48. The number of nitrogens with zero attached hydrogens (tertiary/aromatic N) is 1. The predicted octanol–water partition coefficient (Wildman–Crippen LogP) is 3.61. The normalized spacial score (nSPS) is 10.4. The number of halogens is 1. The van der Waals surface area contributed by atoms with Crippen LogP contribution in [0.15, 0.2) is 47.2 Å². The number of methoxy groups -OCH3 is 1. The average Bonchev–Trinajstić information content (AvgIpc) is 2.44. The molecule has 0 unspecified atom stereocenters. The first-order valence-electron chi connectivity index (χ1n) is 6.08. The zero-order valence-electron chi connectivity index (χ0n) is 10.8. The fourth-order valence-corrected chi connectivity index (χ4v) is 2.09. The van der Waals surface area contributed by atoms with E-state index in [1.165, 1.54) is 5.56 Å². The number of pyridine rings is 1. The molecule has 0 saturated heterocycles.